The topological polar surface area (TPSA) is 3.24 Å². The Labute approximate surface area is 372 Å². The van der Waals surface area contributed by atoms with E-state index >= 15 is 0 Å². The van der Waals surface area contributed by atoms with Crippen molar-refractivity contribution in [3.8, 4) is 44.5 Å². The number of anilines is 3. The Morgan fingerprint density at radius 3 is 1.44 bits per heavy atom. The lowest BCUT2D eigenvalue weighted by atomic mass is 9.67. The van der Waals surface area contributed by atoms with Crippen LogP contribution in [0.1, 0.15) is 22.3 Å². The molecule has 1 aliphatic carbocycles. The normalized spacial score (nSPS) is 12.6. The molecule has 0 fully saturated rings. The molecule has 0 saturated heterocycles. The zero-order valence-corrected chi connectivity index (χ0v) is 35.3. The van der Waals surface area contributed by atoms with Gasteiger partial charge in [0, 0.05) is 25.7 Å². The number of nitrogens with zero attached hydrogens (tertiary/aromatic N) is 1. The Kier molecular flexibility index (Phi) is 8.98. The number of hydrogen-bond acceptors (Lipinski definition) is 2. The van der Waals surface area contributed by atoms with Gasteiger partial charge in [-0.05, 0) is 85.5 Å². The number of fused-ring (bicyclic) bond motifs is 6. The number of benzene rings is 10. The average Bonchev–Trinajstić information content (AvgIpc) is 3.90. The van der Waals surface area contributed by atoms with Crippen molar-refractivity contribution in [1.29, 1.82) is 0 Å². The van der Waals surface area contributed by atoms with Crippen LogP contribution in [0.25, 0.3) is 64.7 Å². The number of thiophene rings is 1. The Bertz CT molecular complexity index is 3410. The van der Waals surface area contributed by atoms with Crippen LogP contribution in [-0.4, -0.2) is 0 Å². The van der Waals surface area contributed by atoms with Gasteiger partial charge in [0.25, 0.3) is 0 Å². The maximum Gasteiger partial charge on any atom is 0.0733 e. The molecular weight excluding hydrogens is 779 g/mol. The molecule has 0 unspecified atom stereocenters. The lowest BCUT2D eigenvalue weighted by molar-refractivity contribution is 0.768. The Morgan fingerprint density at radius 2 is 0.778 bits per heavy atom. The van der Waals surface area contributed by atoms with Crippen molar-refractivity contribution < 1.29 is 0 Å². The van der Waals surface area contributed by atoms with Gasteiger partial charge in [0.05, 0.1) is 22.5 Å². The summed E-state index contributed by atoms with van der Waals surface area (Å²) in [5.41, 5.74) is 17.5. The maximum atomic E-state index is 2.59. The first kappa shape index (κ1) is 37.0. The van der Waals surface area contributed by atoms with E-state index in [0.717, 1.165) is 22.6 Å². The van der Waals surface area contributed by atoms with Crippen LogP contribution < -0.4 is 4.90 Å². The van der Waals surface area contributed by atoms with E-state index in [1.807, 2.05) is 11.3 Å². The zero-order chi connectivity index (χ0) is 41.7. The van der Waals surface area contributed by atoms with E-state index in [9.17, 15) is 0 Å². The lowest BCUT2D eigenvalue weighted by Crippen LogP contribution is -2.30. The largest absolute Gasteiger partial charge is 0.309 e. The van der Waals surface area contributed by atoms with Gasteiger partial charge in [-0.25, -0.2) is 0 Å². The van der Waals surface area contributed by atoms with Crippen LogP contribution in [0.5, 0.6) is 0 Å². The zero-order valence-electron chi connectivity index (χ0n) is 34.5. The molecule has 1 aromatic heterocycles. The third kappa shape index (κ3) is 5.83. The van der Waals surface area contributed by atoms with Gasteiger partial charge in [0.2, 0.25) is 0 Å². The van der Waals surface area contributed by atoms with Gasteiger partial charge >= 0.3 is 0 Å². The summed E-state index contributed by atoms with van der Waals surface area (Å²) in [5, 5.41) is 2.50. The van der Waals surface area contributed by atoms with Crippen molar-refractivity contribution in [2.45, 2.75) is 5.41 Å². The Morgan fingerprint density at radius 1 is 0.302 bits per heavy atom. The summed E-state index contributed by atoms with van der Waals surface area (Å²) in [6.07, 6.45) is 0. The predicted octanol–water partition coefficient (Wildman–Crippen LogP) is 16.9. The highest BCUT2D eigenvalue weighted by atomic mass is 32.1. The molecule has 10 aromatic carbocycles. The molecule has 0 N–H and O–H groups in total. The van der Waals surface area contributed by atoms with Gasteiger partial charge in [-0.3, -0.25) is 0 Å². The summed E-state index contributed by atoms with van der Waals surface area (Å²) in [7, 11) is 0. The van der Waals surface area contributed by atoms with Crippen molar-refractivity contribution in [1.82, 2.24) is 0 Å². The highest BCUT2D eigenvalue weighted by Gasteiger charge is 2.47. The van der Waals surface area contributed by atoms with Crippen LogP contribution in [0.15, 0.2) is 249 Å². The van der Waals surface area contributed by atoms with Crippen LogP contribution in [0.2, 0.25) is 0 Å². The van der Waals surface area contributed by atoms with Gasteiger partial charge in [0.1, 0.15) is 0 Å². The molecule has 0 spiro atoms. The minimum Gasteiger partial charge on any atom is -0.309 e. The van der Waals surface area contributed by atoms with E-state index < -0.39 is 5.41 Å². The number of para-hydroxylation sites is 2. The highest BCUT2D eigenvalue weighted by molar-refractivity contribution is 7.26. The highest BCUT2D eigenvalue weighted by Crippen LogP contribution is 2.60. The molecule has 0 bridgehead atoms. The molecular formula is C61H41NS. The van der Waals surface area contributed by atoms with Crippen molar-refractivity contribution in [3.05, 3.63) is 271 Å². The molecule has 0 aliphatic heterocycles. The first-order chi connectivity index (χ1) is 31.3. The summed E-state index contributed by atoms with van der Waals surface area (Å²) >= 11 is 1.89. The molecule has 2 heteroatoms. The van der Waals surface area contributed by atoms with Gasteiger partial charge < -0.3 is 4.90 Å². The van der Waals surface area contributed by atoms with Crippen molar-refractivity contribution in [2.24, 2.45) is 0 Å². The third-order valence-electron chi connectivity index (χ3n) is 13.0. The summed E-state index contributed by atoms with van der Waals surface area (Å²) in [4.78, 5) is 2.59. The minimum absolute atomic E-state index is 0.625. The molecule has 12 rings (SSSR count). The SMILES string of the molecule is c1ccc(-c2ccccc2-c2ccccc2N(c2ccccc2C2(c3ccccc3)c3ccccc3-c3ccccc32)c2ccc(-c3ccccc3)c3sc4ccccc4c23)cc1. The second kappa shape index (κ2) is 15.3. The van der Waals surface area contributed by atoms with Crippen molar-refractivity contribution in [3.63, 3.8) is 0 Å². The molecule has 0 atom stereocenters. The molecule has 1 nitrogen and oxygen atoms in total. The average molecular weight is 820 g/mol. The van der Waals surface area contributed by atoms with Gasteiger partial charge in [-0.2, -0.15) is 0 Å². The molecule has 1 aliphatic rings. The second-order valence-electron chi connectivity index (χ2n) is 16.3. The summed E-state index contributed by atoms with van der Waals surface area (Å²) in [6.45, 7) is 0. The van der Waals surface area contributed by atoms with Gasteiger partial charge in [0.15, 0.2) is 0 Å². The van der Waals surface area contributed by atoms with E-state index in [1.54, 1.807) is 0 Å². The molecule has 0 amide bonds. The summed E-state index contributed by atoms with van der Waals surface area (Å²) < 4.78 is 2.55. The van der Waals surface area contributed by atoms with Crippen molar-refractivity contribution in [2.75, 3.05) is 4.90 Å². The summed E-state index contributed by atoms with van der Waals surface area (Å²) in [5.74, 6) is 0. The van der Waals surface area contributed by atoms with E-state index in [0.29, 0.717) is 0 Å². The first-order valence-corrected chi connectivity index (χ1v) is 22.5. The maximum absolute atomic E-state index is 2.59. The molecule has 0 saturated carbocycles. The first-order valence-electron chi connectivity index (χ1n) is 21.7. The fourth-order valence-electron chi connectivity index (χ4n) is 10.4. The number of hydrogen-bond donors (Lipinski definition) is 0. The third-order valence-corrected chi connectivity index (χ3v) is 14.2. The molecule has 63 heavy (non-hydrogen) atoms. The monoisotopic (exact) mass is 819 g/mol. The fraction of sp³-hybridized carbons (Fsp3) is 0.0164. The van der Waals surface area contributed by atoms with Crippen LogP contribution in [0.4, 0.5) is 17.1 Å². The van der Waals surface area contributed by atoms with E-state index in [-0.39, 0.29) is 0 Å². The van der Waals surface area contributed by atoms with E-state index in [2.05, 4.69) is 254 Å². The van der Waals surface area contributed by atoms with Gasteiger partial charge in [-0.15, -0.1) is 11.3 Å². The predicted molar refractivity (Wildman–Crippen MR) is 268 cm³/mol. The van der Waals surface area contributed by atoms with Crippen molar-refractivity contribution >= 4 is 48.6 Å². The van der Waals surface area contributed by atoms with Crippen LogP contribution in [0.3, 0.4) is 0 Å². The standard InChI is InChI=1S/C61H41NS/c1-4-22-42(23-5-1)45-28-10-11-29-47(45)50-32-14-19-37-55(50)62(57-41-40-46(43-24-6-2-7-25-43)60-59(57)51-33-15-21-39-58(51)63-60)56-38-20-18-36-54(56)61(44-26-8-3-9-27-44)52-34-16-12-30-48(52)49-31-13-17-35-53(49)61/h1-41H. The van der Waals surface area contributed by atoms with Gasteiger partial charge in [-0.1, -0.05) is 224 Å². The fourth-order valence-corrected chi connectivity index (χ4v) is 11.6. The Balaban J connectivity index is 1.23. The number of rotatable bonds is 8. The van der Waals surface area contributed by atoms with E-state index in [4.69, 9.17) is 0 Å². The Hall–Kier alpha value is -7.78. The lowest BCUT2D eigenvalue weighted by Gasteiger charge is -2.39. The quantitative estimate of drug-likeness (QED) is 0.148. The van der Waals surface area contributed by atoms with Crippen LogP contribution >= 0.6 is 11.3 Å². The second-order valence-corrected chi connectivity index (χ2v) is 17.3. The minimum atomic E-state index is -0.625. The van der Waals surface area contributed by atoms with Crippen LogP contribution in [0, 0.1) is 0 Å². The molecule has 296 valence electrons. The molecule has 11 aromatic rings. The smallest absolute Gasteiger partial charge is 0.0733 e. The molecule has 0 radical (unpaired) electrons. The summed E-state index contributed by atoms with van der Waals surface area (Å²) in [6, 6.07) is 91.7. The van der Waals surface area contributed by atoms with E-state index in [1.165, 1.54) is 81.4 Å². The molecule has 1 heterocycles. The van der Waals surface area contributed by atoms with Crippen LogP contribution in [-0.2, 0) is 5.41 Å².